The molecule has 0 radical (unpaired) electrons. The minimum Gasteiger partial charge on any atom is -0.356 e. The number of nitrogens with zero attached hydrogens (tertiary/aromatic N) is 5. The Bertz CT molecular complexity index is 907. The molecule has 2 bridgehead atoms. The second kappa shape index (κ2) is 7.48. The number of nitrogens with one attached hydrogen (secondary N) is 1. The van der Waals surface area contributed by atoms with Crippen molar-refractivity contribution in [1.29, 1.82) is 0 Å². The topological polar surface area (TPSA) is 92.5 Å². The van der Waals surface area contributed by atoms with Crippen LogP contribution in [0.25, 0.3) is 5.78 Å². The van der Waals surface area contributed by atoms with Gasteiger partial charge in [-0.25, -0.2) is 9.50 Å². The summed E-state index contributed by atoms with van der Waals surface area (Å²) in [4.78, 5) is 36.1. The van der Waals surface area contributed by atoms with Crippen molar-refractivity contribution in [2.75, 3.05) is 13.1 Å². The summed E-state index contributed by atoms with van der Waals surface area (Å²) in [6, 6.07) is 0.0625. The molecule has 2 aromatic heterocycles. The van der Waals surface area contributed by atoms with Crippen LogP contribution in [-0.4, -0.2) is 55.4 Å². The van der Waals surface area contributed by atoms with Crippen molar-refractivity contribution < 1.29 is 9.59 Å². The quantitative estimate of drug-likeness (QED) is 0.813. The number of hydrogen-bond acceptors (Lipinski definition) is 5. The number of carbonyl (C=O) groups excluding carboxylic acids is 2. The third-order valence-electron chi connectivity index (χ3n) is 6.34. The smallest absolute Gasteiger partial charge is 0.252 e. The number of aryl methyl sites for hydroxylation is 2. The van der Waals surface area contributed by atoms with E-state index in [1.54, 1.807) is 4.52 Å². The highest BCUT2D eigenvalue weighted by atomic mass is 16.2. The van der Waals surface area contributed by atoms with Gasteiger partial charge in [0.15, 0.2) is 0 Å². The van der Waals surface area contributed by atoms with Crippen molar-refractivity contribution in [3.63, 3.8) is 0 Å². The summed E-state index contributed by atoms with van der Waals surface area (Å²) in [6.45, 7) is 7.41. The van der Waals surface area contributed by atoms with Gasteiger partial charge in [0.2, 0.25) is 11.8 Å². The summed E-state index contributed by atoms with van der Waals surface area (Å²) < 4.78 is 1.72. The highest BCUT2D eigenvalue weighted by molar-refractivity contribution is 5.84. The number of piperidine rings is 1. The van der Waals surface area contributed by atoms with E-state index in [0.717, 1.165) is 36.2 Å². The normalized spacial score (nSPS) is 23.5. The molecule has 1 saturated heterocycles. The van der Waals surface area contributed by atoms with E-state index >= 15 is 0 Å². The molecule has 2 fully saturated rings. The van der Waals surface area contributed by atoms with Gasteiger partial charge in [-0.2, -0.15) is 10.1 Å². The number of carbonyl (C=O) groups is 2. The summed E-state index contributed by atoms with van der Waals surface area (Å²) in [5.41, 5.74) is 2.92. The van der Waals surface area contributed by atoms with Crippen LogP contribution in [0.2, 0.25) is 0 Å². The van der Waals surface area contributed by atoms with Crippen LogP contribution in [-0.2, 0) is 16.0 Å². The lowest BCUT2D eigenvalue weighted by molar-refractivity contribution is -0.133. The largest absolute Gasteiger partial charge is 0.356 e. The van der Waals surface area contributed by atoms with Crippen molar-refractivity contribution in [1.82, 2.24) is 29.8 Å². The third-order valence-corrected chi connectivity index (χ3v) is 6.34. The van der Waals surface area contributed by atoms with Crippen LogP contribution >= 0.6 is 0 Å². The molecule has 8 heteroatoms. The van der Waals surface area contributed by atoms with Crippen molar-refractivity contribution in [3.05, 3.63) is 23.3 Å². The van der Waals surface area contributed by atoms with Crippen LogP contribution in [0.1, 0.15) is 49.6 Å². The van der Waals surface area contributed by atoms with E-state index in [1.165, 1.54) is 6.33 Å². The first-order valence-electron chi connectivity index (χ1n) is 10.2. The molecule has 2 amide bonds. The van der Waals surface area contributed by atoms with Crippen LogP contribution < -0.4 is 5.32 Å². The Hall–Kier alpha value is -2.51. The Morgan fingerprint density at radius 2 is 2.11 bits per heavy atom. The second-order valence-electron chi connectivity index (χ2n) is 8.00. The first-order valence-corrected chi connectivity index (χ1v) is 10.2. The molecule has 8 nitrogen and oxygen atoms in total. The minimum atomic E-state index is -0.0351. The summed E-state index contributed by atoms with van der Waals surface area (Å²) in [5, 5.41) is 7.23. The molecule has 1 aliphatic heterocycles. The Balaban J connectivity index is 1.43. The standard InChI is InChI=1S/C20H28N6O2/c1-4-9-21-19(28)18-14-5-7-16(18)25(10-14)17(27)8-6-15-12(2)24-20-22-11-23-26(20)13(15)3/h11,14,16,18H,4-10H2,1-3H3,(H,21,28)/t14-,16-,18+/m0/s1. The molecule has 3 heterocycles. The molecule has 3 atom stereocenters. The zero-order valence-corrected chi connectivity index (χ0v) is 16.8. The van der Waals surface area contributed by atoms with Gasteiger partial charge in [-0.05, 0) is 51.0 Å². The SMILES string of the molecule is CCCNC(=O)[C@@H]1[C@H]2CC[C@@H]1N(C(=O)CCc1c(C)nc3ncnn3c1C)C2. The molecule has 150 valence electrons. The number of fused-ring (bicyclic) bond motifs is 3. The molecule has 2 aliphatic rings. The molecule has 1 aliphatic carbocycles. The molecule has 1 saturated carbocycles. The molecule has 2 aromatic rings. The summed E-state index contributed by atoms with van der Waals surface area (Å²) >= 11 is 0. The molecule has 28 heavy (non-hydrogen) atoms. The lowest BCUT2D eigenvalue weighted by atomic mass is 9.97. The van der Waals surface area contributed by atoms with Crippen molar-refractivity contribution in [3.8, 4) is 0 Å². The van der Waals surface area contributed by atoms with Crippen molar-refractivity contribution in [2.45, 2.75) is 58.9 Å². The number of amides is 2. The predicted octanol–water partition coefficient (Wildman–Crippen LogP) is 1.44. The highest BCUT2D eigenvalue weighted by Crippen LogP contribution is 2.43. The van der Waals surface area contributed by atoms with Gasteiger partial charge >= 0.3 is 0 Å². The number of hydrogen-bond donors (Lipinski definition) is 1. The van der Waals surface area contributed by atoms with Gasteiger partial charge in [-0.3, -0.25) is 9.59 Å². The van der Waals surface area contributed by atoms with E-state index in [1.807, 2.05) is 18.7 Å². The monoisotopic (exact) mass is 384 g/mol. The van der Waals surface area contributed by atoms with E-state index in [2.05, 4.69) is 27.3 Å². The van der Waals surface area contributed by atoms with Gasteiger partial charge in [0, 0.05) is 36.9 Å². The summed E-state index contributed by atoms with van der Waals surface area (Å²) in [6.07, 6.45) is 5.46. The highest BCUT2D eigenvalue weighted by Gasteiger charge is 2.51. The number of aromatic nitrogens is 4. The predicted molar refractivity (Wildman–Crippen MR) is 104 cm³/mol. The van der Waals surface area contributed by atoms with Gasteiger partial charge in [-0.1, -0.05) is 6.92 Å². The Labute approximate surface area is 164 Å². The Morgan fingerprint density at radius 3 is 2.89 bits per heavy atom. The summed E-state index contributed by atoms with van der Waals surface area (Å²) in [5.74, 6) is 1.12. The molecule has 1 N–H and O–H groups in total. The van der Waals surface area contributed by atoms with Gasteiger partial charge in [0.25, 0.3) is 5.78 Å². The maximum absolute atomic E-state index is 13.0. The van der Waals surface area contributed by atoms with Crippen molar-refractivity contribution >= 4 is 17.6 Å². The molecule has 0 aromatic carbocycles. The fraction of sp³-hybridized carbons (Fsp3) is 0.650. The molecular weight excluding hydrogens is 356 g/mol. The van der Waals surface area contributed by atoms with Crippen LogP contribution in [0.5, 0.6) is 0 Å². The fourth-order valence-corrected chi connectivity index (χ4v) is 4.94. The Morgan fingerprint density at radius 1 is 1.29 bits per heavy atom. The molecule has 0 unspecified atom stereocenters. The maximum atomic E-state index is 13.0. The van der Waals surface area contributed by atoms with Crippen LogP contribution in [0, 0.1) is 25.7 Å². The zero-order valence-electron chi connectivity index (χ0n) is 16.8. The zero-order chi connectivity index (χ0) is 19.8. The first kappa shape index (κ1) is 18.8. The molecular formula is C20H28N6O2. The van der Waals surface area contributed by atoms with E-state index in [-0.39, 0.29) is 23.8 Å². The average Bonchev–Trinajstić information content (AvgIpc) is 3.39. The van der Waals surface area contributed by atoms with E-state index in [0.29, 0.717) is 37.6 Å². The fourth-order valence-electron chi connectivity index (χ4n) is 4.94. The van der Waals surface area contributed by atoms with Gasteiger partial charge in [-0.15, -0.1) is 0 Å². The van der Waals surface area contributed by atoms with E-state index in [9.17, 15) is 9.59 Å². The molecule has 0 spiro atoms. The second-order valence-corrected chi connectivity index (χ2v) is 8.00. The maximum Gasteiger partial charge on any atom is 0.252 e. The van der Waals surface area contributed by atoms with Gasteiger partial charge in [0.05, 0.1) is 5.92 Å². The third kappa shape index (κ3) is 3.14. The summed E-state index contributed by atoms with van der Waals surface area (Å²) in [7, 11) is 0. The van der Waals surface area contributed by atoms with Crippen LogP contribution in [0.15, 0.2) is 6.33 Å². The first-order chi connectivity index (χ1) is 13.5. The number of likely N-dealkylation sites (tertiary alicyclic amines) is 1. The van der Waals surface area contributed by atoms with Gasteiger partial charge in [0.1, 0.15) is 6.33 Å². The number of rotatable bonds is 6. The van der Waals surface area contributed by atoms with E-state index in [4.69, 9.17) is 0 Å². The van der Waals surface area contributed by atoms with Gasteiger partial charge < -0.3 is 10.2 Å². The minimum absolute atomic E-state index is 0.0351. The van der Waals surface area contributed by atoms with Crippen LogP contribution in [0.4, 0.5) is 0 Å². The Kier molecular flexibility index (Phi) is 5.03. The lowest BCUT2D eigenvalue weighted by Gasteiger charge is -2.27. The van der Waals surface area contributed by atoms with E-state index < -0.39 is 0 Å². The molecule has 4 rings (SSSR count). The lowest BCUT2D eigenvalue weighted by Crippen LogP contribution is -2.42. The van der Waals surface area contributed by atoms with Crippen molar-refractivity contribution in [2.24, 2.45) is 11.8 Å². The van der Waals surface area contributed by atoms with Crippen LogP contribution in [0.3, 0.4) is 0 Å². The average molecular weight is 384 g/mol.